The summed E-state index contributed by atoms with van der Waals surface area (Å²) in [6.45, 7) is 0. The lowest BCUT2D eigenvalue weighted by Gasteiger charge is -2.11. The second-order valence-electron chi connectivity index (χ2n) is 4.38. The smallest absolute Gasteiger partial charge is 0.0715 e. The molecule has 1 aromatic heterocycles. The van der Waals surface area contributed by atoms with E-state index in [1.165, 1.54) is 11.8 Å². The van der Waals surface area contributed by atoms with Crippen LogP contribution >= 0.6 is 50.9 Å². The largest absolute Gasteiger partial charge is 0.397 e. The second kappa shape index (κ2) is 6.05. The lowest BCUT2D eigenvalue weighted by atomic mass is 10.2. The Kier molecular flexibility index (Phi) is 4.31. The molecule has 0 radical (unpaired) electrons. The predicted molar refractivity (Wildman–Crippen MR) is 94.4 cm³/mol. The minimum absolute atomic E-state index is 0.613. The van der Waals surface area contributed by atoms with Gasteiger partial charge in [0.05, 0.1) is 22.4 Å². The molecule has 106 valence electrons. The highest BCUT2D eigenvalue weighted by Crippen LogP contribution is 2.41. The number of nitrogens with zero attached hydrogens (tertiary/aromatic N) is 1. The summed E-state index contributed by atoms with van der Waals surface area (Å²) in [5.41, 5.74) is 7.59. The molecule has 2 aromatic carbocycles. The summed E-state index contributed by atoms with van der Waals surface area (Å²) in [7, 11) is 0. The van der Waals surface area contributed by atoms with Crippen LogP contribution < -0.4 is 5.73 Å². The zero-order valence-corrected chi connectivity index (χ0v) is 14.5. The van der Waals surface area contributed by atoms with Crippen molar-refractivity contribution in [3.05, 3.63) is 57.1 Å². The van der Waals surface area contributed by atoms with Gasteiger partial charge in [-0.3, -0.25) is 4.98 Å². The van der Waals surface area contributed by atoms with Crippen molar-refractivity contribution in [3.8, 4) is 0 Å². The highest BCUT2D eigenvalue weighted by molar-refractivity contribution is 9.10. The van der Waals surface area contributed by atoms with Gasteiger partial charge in [0.1, 0.15) is 0 Å². The van der Waals surface area contributed by atoms with Gasteiger partial charge in [0.2, 0.25) is 0 Å². The van der Waals surface area contributed by atoms with Crippen molar-refractivity contribution in [1.29, 1.82) is 0 Å². The third kappa shape index (κ3) is 3.14. The van der Waals surface area contributed by atoms with E-state index >= 15 is 0 Å². The van der Waals surface area contributed by atoms with E-state index in [2.05, 4.69) is 20.9 Å². The van der Waals surface area contributed by atoms with Gasteiger partial charge < -0.3 is 5.73 Å². The van der Waals surface area contributed by atoms with Gasteiger partial charge in [0.15, 0.2) is 0 Å². The van der Waals surface area contributed by atoms with E-state index in [4.69, 9.17) is 28.9 Å². The molecule has 0 amide bonds. The number of anilines is 1. The summed E-state index contributed by atoms with van der Waals surface area (Å²) in [6.07, 6.45) is 1.66. The number of benzene rings is 2. The molecule has 3 aromatic rings. The van der Waals surface area contributed by atoms with Gasteiger partial charge in [-0.15, -0.1) is 0 Å². The van der Waals surface area contributed by atoms with Crippen molar-refractivity contribution < 1.29 is 0 Å². The maximum absolute atomic E-state index is 6.24. The van der Waals surface area contributed by atoms with E-state index in [0.29, 0.717) is 15.7 Å². The van der Waals surface area contributed by atoms with Crippen LogP contribution in [0.15, 0.2) is 56.9 Å². The lowest BCUT2D eigenvalue weighted by molar-refractivity contribution is 1.35. The molecule has 2 N–H and O–H groups in total. The summed E-state index contributed by atoms with van der Waals surface area (Å²) in [5.74, 6) is 0. The van der Waals surface area contributed by atoms with Crippen molar-refractivity contribution in [1.82, 2.24) is 4.98 Å². The quantitative estimate of drug-likeness (QED) is 0.570. The normalized spacial score (nSPS) is 11.0. The highest BCUT2D eigenvalue weighted by Gasteiger charge is 2.11. The van der Waals surface area contributed by atoms with Crippen LogP contribution in [0.1, 0.15) is 0 Å². The molecule has 0 unspecified atom stereocenters. The number of rotatable bonds is 2. The zero-order valence-electron chi connectivity index (χ0n) is 10.6. The van der Waals surface area contributed by atoms with E-state index < -0.39 is 0 Å². The Bertz CT molecular complexity index is 834. The van der Waals surface area contributed by atoms with Gasteiger partial charge >= 0.3 is 0 Å². The Morgan fingerprint density at radius 1 is 1.10 bits per heavy atom. The van der Waals surface area contributed by atoms with Crippen LogP contribution in [0.3, 0.4) is 0 Å². The lowest BCUT2D eigenvalue weighted by Crippen LogP contribution is -1.92. The summed E-state index contributed by atoms with van der Waals surface area (Å²) < 4.78 is 0.974. The standard InChI is InChI=1S/C15H9BrCl2N2S/c16-8-1-4-13-10(5-8)15(12(19)7-20-13)21-14-6-9(17)2-3-11(14)18/h1-7H,19H2. The van der Waals surface area contributed by atoms with Gasteiger partial charge in [0.25, 0.3) is 0 Å². The number of nitrogen functional groups attached to an aromatic ring is 1. The molecule has 6 heteroatoms. The topological polar surface area (TPSA) is 38.9 Å². The molecule has 0 saturated heterocycles. The molecule has 0 aliphatic heterocycles. The number of halogens is 3. The maximum atomic E-state index is 6.24. The summed E-state index contributed by atoms with van der Waals surface area (Å²) in [4.78, 5) is 6.13. The molecule has 0 aliphatic carbocycles. The Balaban J connectivity index is 2.17. The fourth-order valence-electron chi connectivity index (χ4n) is 1.94. The number of nitrogens with two attached hydrogens (primary N) is 1. The monoisotopic (exact) mass is 398 g/mol. The number of aromatic nitrogens is 1. The van der Waals surface area contributed by atoms with Crippen LogP contribution in [0.25, 0.3) is 10.9 Å². The first-order valence-electron chi connectivity index (χ1n) is 6.01. The fraction of sp³-hybridized carbons (Fsp3) is 0. The molecule has 0 atom stereocenters. The van der Waals surface area contributed by atoms with Crippen LogP contribution in [0.2, 0.25) is 10.0 Å². The predicted octanol–water partition coefficient (Wildman–Crippen LogP) is 6.04. The SMILES string of the molecule is Nc1cnc2ccc(Br)cc2c1Sc1cc(Cl)ccc1Cl. The van der Waals surface area contributed by atoms with E-state index in [0.717, 1.165) is 25.2 Å². The molecular formula is C15H9BrCl2N2S. The Morgan fingerprint density at radius 3 is 2.71 bits per heavy atom. The van der Waals surface area contributed by atoms with Crippen molar-refractivity contribution in [2.45, 2.75) is 9.79 Å². The molecule has 0 aliphatic rings. The first-order valence-corrected chi connectivity index (χ1v) is 8.38. The van der Waals surface area contributed by atoms with Crippen LogP contribution in [-0.4, -0.2) is 4.98 Å². The fourth-order valence-corrected chi connectivity index (χ4v) is 3.78. The Hall–Kier alpha value is -0.940. The number of hydrogen-bond acceptors (Lipinski definition) is 3. The van der Waals surface area contributed by atoms with Crippen molar-refractivity contribution in [3.63, 3.8) is 0 Å². The molecule has 1 heterocycles. The van der Waals surface area contributed by atoms with Crippen molar-refractivity contribution >= 4 is 67.5 Å². The van der Waals surface area contributed by atoms with E-state index in [-0.39, 0.29) is 0 Å². The second-order valence-corrected chi connectivity index (χ2v) is 7.19. The van der Waals surface area contributed by atoms with Gasteiger partial charge in [-0.05, 0) is 36.4 Å². The average molecular weight is 400 g/mol. The molecule has 0 spiro atoms. The molecule has 21 heavy (non-hydrogen) atoms. The third-order valence-corrected chi connectivity index (χ3v) is 5.30. The minimum atomic E-state index is 0.613. The summed E-state index contributed by atoms with van der Waals surface area (Å²) in [6, 6.07) is 11.3. The highest BCUT2D eigenvalue weighted by atomic mass is 79.9. The molecular weight excluding hydrogens is 391 g/mol. The van der Waals surface area contributed by atoms with Gasteiger partial charge in [-0.1, -0.05) is 50.9 Å². The van der Waals surface area contributed by atoms with Crippen LogP contribution in [-0.2, 0) is 0 Å². The zero-order chi connectivity index (χ0) is 15.0. The summed E-state index contributed by atoms with van der Waals surface area (Å²) >= 11 is 17.2. The minimum Gasteiger partial charge on any atom is -0.397 e. The number of hydrogen-bond donors (Lipinski definition) is 1. The van der Waals surface area contributed by atoms with E-state index in [1.54, 1.807) is 18.3 Å². The summed E-state index contributed by atoms with van der Waals surface area (Å²) in [5, 5.41) is 2.26. The Labute approximate surface area is 144 Å². The Morgan fingerprint density at radius 2 is 1.90 bits per heavy atom. The van der Waals surface area contributed by atoms with Crippen LogP contribution in [0.5, 0.6) is 0 Å². The molecule has 0 bridgehead atoms. The molecule has 0 fully saturated rings. The first kappa shape index (κ1) is 15.0. The molecule has 2 nitrogen and oxygen atoms in total. The third-order valence-electron chi connectivity index (χ3n) is 2.91. The maximum Gasteiger partial charge on any atom is 0.0715 e. The average Bonchev–Trinajstić information content (AvgIpc) is 2.46. The molecule has 0 saturated carbocycles. The molecule has 3 rings (SSSR count). The van der Waals surface area contributed by atoms with Gasteiger partial charge in [-0.2, -0.15) is 0 Å². The van der Waals surface area contributed by atoms with Gasteiger partial charge in [0, 0.05) is 24.7 Å². The number of fused-ring (bicyclic) bond motifs is 1. The van der Waals surface area contributed by atoms with E-state index in [1.807, 2.05) is 24.3 Å². The van der Waals surface area contributed by atoms with Crippen LogP contribution in [0, 0.1) is 0 Å². The van der Waals surface area contributed by atoms with Gasteiger partial charge in [-0.25, -0.2) is 0 Å². The number of pyridine rings is 1. The van der Waals surface area contributed by atoms with Crippen molar-refractivity contribution in [2.24, 2.45) is 0 Å². The van der Waals surface area contributed by atoms with Crippen LogP contribution in [0.4, 0.5) is 5.69 Å². The van der Waals surface area contributed by atoms with E-state index in [9.17, 15) is 0 Å². The van der Waals surface area contributed by atoms with Crippen molar-refractivity contribution in [2.75, 3.05) is 5.73 Å². The first-order chi connectivity index (χ1) is 10.0.